The van der Waals surface area contributed by atoms with E-state index in [1.54, 1.807) is 18.5 Å². The van der Waals surface area contributed by atoms with Crippen molar-refractivity contribution in [2.45, 2.75) is 0 Å². The van der Waals surface area contributed by atoms with Gasteiger partial charge in [-0.25, -0.2) is 13.4 Å². The van der Waals surface area contributed by atoms with E-state index in [2.05, 4.69) is 20.0 Å². The lowest BCUT2D eigenvalue weighted by molar-refractivity contribution is 0.607. The van der Waals surface area contributed by atoms with E-state index in [1.165, 1.54) is 0 Å². The fourth-order valence-corrected chi connectivity index (χ4v) is 3.99. The van der Waals surface area contributed by atoms with Crippen molar-refractivity contribution in [3.05, 3.63) is 77.2 Å². The molecule has 0 saturated carbocycles. The molecule has 9 heteroatoms. The average molecular weight is 459 g/mol. The number of nitrogens with one attached hydrogen (secondary N) is 2. The molecule has 4 rings (SSSR count). The van der Waals surface area contributed by atoms with Gasteiger partial charge in [0.1, 0.15) is 0 Å². The Morgan fingerprint density at radius 1 is 0.900 bits per heavy atom. The number of nitrogens with zero attached hydrogens (tertiary/aromatic N) is 2. The van der Waals surface area contributed by atoms with Gasteiger partial charge >= 0.3 is 0 Å². The van der Waals surface area contributed by atoms with Gasteiger partial charge in [0.25, 0.3) is 0 Å². The van der Waals surface area contributed by atoms with Gasteiger partial charge in [-0.15, -0.1) is 0 Å². The second kappa shape index (κ2) is 8.10. The lowest BCUT2D eigenvalue weighted by Crippen LogP contribution is -2.10. The number of pyridine rings is 2. The fraction of sp³-hybridized carbons (Fsp3) is 0.0476. The third-order valence-corrected chi connectivity index (χ3v) is 5.44. The SMILES string of the molecule is CS(=O)(=O)Nc1cc(-c2ccc3nccc(Nc4cccc(Cl)c4)c3c2)cnc1Cl. The van der Waals surface area contributed by atoms with Crippen LogP contribution in [0.2, 0.25) is 10.2 Å². The van der Waals surface area contributed by atoms with Crippen LogP contribution in [0.25, 0.3) is 22.0 Å². The summed E-state index contributed by atoms with van der Waals surface area (Å²) in [6.45, 7) is 0. The molecule has 2 heterocycles. The topological polar surface area (TPSA) is 84.0 Å². The highest BCUT2D eigenvalue weighted by atomic mass is 35.5. The predicted octanol–water partition coefficient (Wildman–Crippen LogP) is 5.72. The molecule has 0 aliphatic carbocycles. The number of anilines is 3. The van der Waals surface area contributed by atoms with E-state index in [-0.39, 0.29) is 10.8 Å². The lowest BCUT2D eigenvalue weighted by atomic mass is 10.0. The minimum atomic E-state index is -3.48. The molecule has 0 aliphatic heterocycles. The van der Waals surface area contributed by atoms with Gasteiger partial charge in [0.2, 0.25) is 10.0 Å². The highest BCUT2D eigenvalue weighted by molar-refractivity contribution is 7.92. The van der Waals surface area contributed by atoms with E-state index in [4.69, 9.17) is 23.2 Å². The summed E-state index contributed by atoms with van der Waals surface area (Å²) < 4.78 is 25.6. The standard InChI is InChI=1S/C21H16Cl2N4O2S/c1-30(28,29)27-20-10-14(12-25-21(20)23)13-5-6-18-17(9-13)19(7-8-24-18)26-16-4-2-3-15(22)11-16/h2-12,27H,1H3,(H,24,26). The highest BCUT2D eigenvalue weighted by Crippen LogP contribution is 2.32. The third-order valence-electron chi connectivity index (χ3n) is 4.31. The van der Waals surface area contributed by atoms with Crippen molar-refractivity contribution in [1.29, 1.82) is 0 Å². The number of aromatic nitrogens is 2. The minimum absolute atomic E-state index is 0.0787. The van der Waals surface area contributed by atoms with Gasteiger partial charge in [-0.1, -0.05) is 35.3 Å². The summed E-state index contributed by atoms with van der Waals surface area (Å²) in [4.78, 5) is 8.53. The van der Waals surface area contributed by atoms with Gasteiger partial charge in [0.05, 0.1) is 17.5 Å². The van der Waals surface area contributed by atoms with E-state index >= 15 is 0 Å². The molecule has 30 heavy (non-hydrogen) atoms. The maximum absolute atomic E-state index is 11.6. The van der Waals surface area contributed by atoms with Crippen LogP contribution < -0.4 is 10.0 Å². The Morgan fingerprint density at radius 2 is 1.73 bits per heavy atom. The summed E-state index contributed by atoms with van der Waals surface area (Å²) in [5, 5.41) is 4.97. The molecule has 2 aromatic heterocycles. The first-order valence-electron chi connectivity index (χ1n) is 8.83. The van der Waals surface area contributed by atoms with Crippen LogP contribution in [0.1, 0.15) is 0 Å². The molecule has 0 spiro atoms. The number of hydrogen-bond donors (Lipinski definition) is 2. The van der Waals surface area contributed by atoms with Crippen LogP contribution in [0.5, 0.6) is 0 Å². The summed E-state index contributed by atoms with van der Waals surface area (Å²) in [7, 11) is -3.48. The molecular formula is C21H16Cl2N4O2S. The number of sulfonamides is 1. The van der Waals surface area contributed by atoms with E-state index in [9.17, 15) is 8.42 Å². The zero-order valence-corrected chi connectivity index (χ0v) is 18.1. The van der Waals surface area contributed by atoms with Crippen molar-refractivity contribution in [2.75, 3.05) is 16.3 Å². The number of fused-ring (bicyclic) bond motifs is 1. The van der Waals surface area contributed by atoms with E-state index in [0.717, 1.165) is 34.1 Å². The maximum Gasteiger partial charge on any atom is 0.229 e. The monoisotopic (exact) mass is 458 g/mol. The lowest BCUT2D eigenvalue weighted by Gasteiger charge is -2.12. The fourth-order valence-electron chi connectivity index (χ4n) is 3.03. The molecule has 2 aromatic carbocycles. The van der Waals surface area contributed by atoms with Crippen LogP contribution in [0.15, 0.2) is 67.0 Å². The van der Waals surface area contributed by atoms with Crippen LogP contribution in [-0.2, 0) is 10.0 Å². The number of benzene rings is 2. The first-order chi connectivity index (χ1) is 14.3. The van der Waals surface area contributed by atoms with Gasteiger partial charge in [-0.3, -0.25) is 9.71 Å². The average Bonchev–Trinajstić information content (AvgIpc) is 2.69. The van der Waals surface area contributed by atoms with Crippen molar-refractivity contribution >= 4 is 61.2 Å². The van der Waals surface area contributed by atoms with Crippen LogP contribution in [0.3, 0.4) is 0 Å². The largest absolute Gasteiger partial charge is 0.355 e. The van der Waals surface area contributed by atoms with Gasteiger partial charge in [-0.05, 0) is 48.0 Å². The summed E-state index contributed by atoms with van der Waals surface area (Å²) >= 11 is 12.1. The molecule has 2 N–H and O–H groups in total. The molecule has 0 atom stereocenters. The molecule has 6 nitrogen and oxygen atoms in total. The number of rotatable bonds is 5. The van der Waals surface area contributed by atoms with Gasteiger partial charge < -0.3 is 5.32 Å². The first-order valence-corrected chi connectivity index (χ1v) is 11.5. The predicted molar refractivity (Wildman–Crippen MR) is 123 cm³/mol. The summed E-state index contributed by atoms with van der Waals surface area (Å²) in [6.07, 6.45) is 4.38. The van der Waals surface area contributed by atoms with Gasteiger partial charge in [0.15, 0.2) is 5.15 Å². The van der Waals surface area contributed by atoms with Gasteiger partial charge in [-0.2, -0.15) is 0 Å². The molecule has 0 radical (unpaired) electrons. The molecule has 0 amide bonds. The Balaban J connectivity index is 1.77. The zero-order chi connectivity index (χ0) is 21.3. The molecule has 0 fully saturated rings. The molecule has 0 unspecified atom stereocenters. The Morgan fingerprint density at radius 3 is 2.50 bits per heavy atom. The third kappa shape index (κ3) is 4.64. The molecule has 152 valence electrons. The van der Waals surface area contributed by atoms with Crippen molar-refractivity contribution in [3.8, 4) is 11.1 Å². The number of halogens is 2. The Bertz CT molecular complexity index is 1360. The van der Waals surface area contributed by atoms with Crippen LogP contribution in [0.4, 0.5) is 17.1 Å². The van der Waals surface area contributed by atoms with Crippen molar-refractivity contribution in [2.24, 2.45) is 0 Å². The highest BCUT2D eigenvalue weighted by Gasteiger charge is 2.11. The van der Waals surface area contributed by atoms with E-state index in [0.29, 0.717) is 10.6 Å². The Hall–Kier alpha value is -2.87. The van der Waals surface area contributed by atoms with Gasteiger partial charge in [0, 0.05) is 39.7 Å². The Labute approximate surface area is 183 Å². The molecule has 0 bridgehead atoms. The second-order valence-corrected chi connectivity index (χ2v) is 9.21. The molecule has 4 aromatic rings. The smallest absolute Gasteiger partial charge is 0.229 e. The van der Waals surface area contributed by atoms with E-state index < -0.39 is 10.0 Å². The minimum Gasteiger partial charge on any atom is -0.355 e. The normalized spacial score (nSPS) is 11.4. The molecule has 0 aliphatic rings. The summed E-state index contributed by atoms with van der Waals surface area (Å²) in [5.74, 6) is 0. The van der Waals surface area contributed by atoms with Crippen molar-refractivity contribution < 1.29 is 8.42 Å². The first kappa shape index (κ1) is 20.4. The van der Waals surface area contributed by atoms with Crippen LogP contribution >= 0.6 is 23.2 Å². The van der Waals surface area contributed by atoms with Crippen molar-refractivity contribution in [1.82, 2.24) is 9.97 Å². The zero-order valence-electron chi connectivity index (χ0n) is 15.7. The Kier molecular flexibility index (Phi) is 5.51. The van der Waals surface area contributed by atoms with E-state index in [1.807, 2.05) is 48.5 Å². The molecular weight excluding hydrogens is 443 g/mol. The quantitative estimate of drug-likeness (QED) is 0.373. The second-order valence-electron chi connectivity index (χ2n) is 6.66. The summed E-state index contributed by atoms with van der Waals surface area (Å²) in [6, 6.07) is 16.7. The van der Waals surface area contributed by atoms with Crippen molar-refractivity contribution in [3.63, 3.8) is 0 Å². The summed E-state index contributed by atoms with van der Waals surface area (Å²) in [5.41, 5.74) is 4.30. The molecule has 0 saturated heterocycles. The van der Waals surface area contributed by atoms with Crippen LogP contribution in [0, 0.1) is 0 Å². The van der Waals surface area contributed by atoms with Crippen LogP contribution in [-0.4, -0.2) is 24.6 Å². The maximum atomic E-state index is 11.6. The number of hydrogen-bond acceptors (Lipinski definition) is 5.